The molecule has 4 rings (SSSR count). The molecule has 0 spiro atoms. The summed E-state index contributed by atoms with van der Waals surface area (Å²) in [6.45, 7) is 8.90. The fourth-order valence-electron chi connectivity index (χ4n) is 4.69. The summed E-state index contributed by atoms with van der Waals surface area (Å²) in [7, 11) is 0. The quantitative estimate of drug-likeness (QED) is 0.679. The number of hydrogen-bond donors (Lipinski definition) is 0. The van der Waals surface area contributed by atoms with Crippen molar-refractivity contribution in [3.63, 3.8) is 0 Å². The number of carbonyl (C=O) groups is 1. The van der Waals surface area contributed by atoms with Crippen LogP contribution in [0.5, 0.6) is 0 Å². The van der Waals surface area contributed by atoms with Gasteiger partial charge in [-0.1, -0.05) is 13.8 Å². The van der Waals surface area contributed by atoms with E-state index in [0.717, 1.165) is 75.6 Å². The molecule has 1 atom stereocenters. The van der Waals surface area contributed by atoms with Gasteiger partial charge in [0.25, 0.3) is 5.91 Å². The molecule has 1 fully saturated rings. The minimum absolute atomic E-state index is 0.138. The fourth-order valence-corrected chi connectivity index (χ4v) is 5.59. The Hall–Kier alpha value is -1.86. The summed E-state index contributed by atoms with van der Waals surface area (Å²) in [6, 6.07) is 4.64. The number of rotatable bonds is 7. The summed E-state index contributed by atoms with van der Waals surface area (Å²) >= 11 is 1.93. The van der Waals surface area contributed by atoms with E-state index in [1.165, 1.54) is 16.8 Å². The molecule has 30 heavy (non-hydrogen) atoms. The lowest BCUT2D eigenvalue weighted by Crippen LogP contribution is -2.41. The van der Waals surface area contributed by atoms with Crippen molar-refractivity contribution in [3.05, 3.63) is 47.0 Å². The van der Waals surface area contributed by atoms with E-state index < -0.39 is 0 Å². The molecule has 0 saturated carbocycles. The third kappa shape index (κ3) is 4.57. The maximum atomic E-state index is 13.3. The highest BCUT2D eigenvalue weighted by molar-refractivity contribution is 7.99. The summed E-state index contributed by atoms with van der Waals surface area (Å²) in [5.74, 6) is 2.20. The average molecular weight is 428 g/mol. The Labute approximate surface area is 184 Å². The van der Waals surface area contributed by atoms with E-state index in [9.17, 15) is 4.79 Å². The van der Waals surface area contributed by atoms with Crippen molar-refractivity contribution in [1.29, 1.82) is 0 Å². The van der Waals surface area contributed by atoms with E-state index in [4.69, 9.17) is 5.10 Å². The molecule has 0 radical (unpaired) electrons. The van der Waals surface area contributed by atoms with Crippen molar-refractivity contribution in [2.75, 3.05) is 31.1 Å². The molecular weight excluding hydrogens is 394 g/mol. The second-order valence-corrected chi connectivity index (χ2v) is 9.44. The molecule has 0 aromatic carbocycles. The van der Waals surface area contributed by atoms with Gasteiger partial charge in [-0.05, 0) is 49.9 Å². The van der Waals surface area contributed by atoms with Gasteiger partial charge >= 0.3 is 0 Å². The molecule has 162 valence electrons. The zero-order chi connectivity index (χ0) is 20.9. The summed E-state index contributed by atoms with van der Waals surface area (Å²) in [4.78, 5) is 22.0. The normalized spacial score (nSPS) is 19.2. The summed E-state index contributed by atoms with van der Waals surface area (Å²) < 4.78 is 2.12. The number of thioether (sulfide) groups is 1. The van der Waals surface area contributed by atoms with Crippen LogP contribution in [-0.4, -0.2) is 67.7 Å². The van der Waals surface area contributed by atoms with Crippen LogP contribution in [0.25, 0.3) is 0 Å². The molecule has 1 unspecified atom stereocenters. The molecule has 2 aromatic heterocycles. The highest BCUT2D eigenvalue weighted by atomic mass is 32.2. The van der Waals surface area contributed by atoms with Gasteiger partial charge < -0.3 is 4.90 Å². The Morgan fingerprint density at radius 2 is 2.00 bits per heavy atom. The Morgan fingerprint density at radius 1 is 1.23 bits per heavy atom. The summed E-state index contributed by atoms with van der Waals surface area (Å²) in [5, 5.41) is 4.85. The van der Waals surface area contributed by atoms with Gasteiger partial charge in [0.15, 0.2) is 5.69 Å². The number of fused-ring (bicyclic) bond motifs is 1. The number of carbonyl (C=O) groups excluding carboxylic acids is 1. The lowest BCUT2D eigenvalue weighted by molar-refractivity contribution is 0.0763. The van der Waals surface area contributed by atoms with Crippen molar-refractivity contribution in [1.82, 2.24) is 24.6 Å². The number of hydrogen-bond acceptors (Lipinski definition) is 5. The van der Waals surface area contributed by atoms with Crippen LogP contribution in [0.15, 0.2) is 24.5 Å². The molecule has 0 N–H and O–H groups in total. The van der Waals surface area contributed by atoms with Crippen LogP contribution in [0.1, 0.15) is 54.0 Å². The maximum absolute atomic E-state index is 13.3. The van der Waals surface area contributed by atoms with Crippen LogP contribution >= 0.6 is 11.8 Å². The minimum Gasteiger partial charge on any atom is -0.336 e. The zero-order valence-corrected chi connectivity index (χ0v) is 19.0. The van der Waals surface area contributed by atoms with Crippen molar-refractivity contribution in [2.45, 2.75) is 58.7 Å². The maximum Gasteiger partial charge on any atom is 0.274 e. The third-order valence-corrected chi connectivity index (χ3v) is 7.26. The Bertz CT molecular complexity index is 847. The molecule has 2 aromatic rings. The SMILES string of the molecule is CCCn1nc(C(=O)N2CCSCC2)c2c1CCC(N(CC)Cc1ccncc1)C2. The summed E-state index contributed by atoms with van der Waals surface area (Å²) in [5.41, 5.74) is 4.51. The van der Waals surface area contributed by atoms with Crippen LogP contribution < -0.4 is 0 Å². The van der Waals surface area contributed by atoms with Crippen molar-refractivity contribution < 1.29 is 4.79 Å². The molecule has 3 heterocycles. The number of nitrogens with zero attached hydrogens (tertiary/aromatic N) is 5. The topological polar surface area (TPSA) is 54.3 Å². The second-order valence-electron chi connectivity index (χ2n) is 8.22. The van der Waals surface area contributed by atoms with Crippen LogP contribution in [0, 0.1) is 0 Å². The predicted octanol–water partition coefficient (Wildman–Crippen LogP) is 3.26. The molecular formula is C23H33N5OS. The first-order valence-electron chi connectivity index (χ1n) is 11.3. The first kappa shape index (κ1) is 21.4. The van der Waals surface area contributed by atoms with Gasteiger partial charge in [-0.3, -0.25) is 19.4 Å². The molecule has 1 aliphatic carbocycles. The second kappa shape index (κ2) is 9.96. The Balaban J connectivity index is 1.58. The molecule has 1 amide bonds. The van der Waals surface area contributed by atoms with E-state index in [2.05, 4.69) is 40.5 Å². The molecule has 1 saturated heterocycles. The van der Waals surface area contributed by atoms with Crippen molar-refractivity contribution in [3.8, 4) is 0 Å². The van der Waals surface area contributed by atoms with Gasteiger partial charge in [0, 0.05) is 67.4 Å². The largest absolute Gasteiger partial charge is 0.336 e. The number of pyridine rings is 1. The number of likely N-dealkylation sites (N-methyl/N-ethyl adjacent to an activating group) is 1. The minimum atomic E-state index is 0.138. The van der Waals surface area contributed by atoms with Gasteiger partial charge in [0.05, 0.1) is 0 Å². The number of amides is 1. The zero-order valence-electron chi connectivity index (χ0n) is 18.2. The highest BCUT2D eigenvalue weighted by Crippen LogP contribution is 2.29. The molecule has 7 heteroatoms. The first-order valence-corrected chi connectivity index (χ1v) is 12.4. The van der Waals surface area contributed by atoms with Gasteiger partial charge in [-0.2, -0.15) is 16.9 Å². The molecule has 2 aliphatic rings. The average Bonchev–Trinajstić information content (AvgIpc) is 3.16. The molecule has 0 bridgehead atoms. The molecule has 6 nitrogen and oxygen atoms in total. The van der Waals surface area contributed by atoms with E-state index in [0.29, 0.717) is 6.04 Å². The van der Waals surface area contributed by atoms with E-state index in [-0.39, 0.29) is 5.91 Å². The number of aromatic nitrogens is 3. The standard InChI is InChI=1S/C23H33N5OS/c1-3-11-28-21-6-5-19(26(4-2)17-18-7-9-24-10-8-18)16-20(21)22(25-28)23(29)27-12-14-30-15-13-27/h7-10,19H,3-6,11-17H2,1-2H3. The van der Waals surface area contributed by atoms with Crippen LogP contribution in [-0.2, 0) is 25.9 Å². The predicted molar refractivity (Wildman–Crippen MR) is 122 cm³/mol. The van der Waals surface area contributed by atoms with Gasteiger partial charge in [-0.25, -0.2) is 0 Å². The third-order valence-electron chi connectivity index (χ3n) is 6.31. The van der Waals surface area contributed by atoms with E-state index in [1.807, 2.05) is 29.1 Å². The lowest BCUT2D eigenvalue weighted by atomic mass is 9.89. The van der Waals surface area contributed by atoms with E-state index in [1.54, 1.807) is 0 Å². The smallest absolute Gasteiger partial charge is 0.274 e. The molecule has 1 aliphatic heterocycles. The van der Waals surface area contributed by atoms with Gasteiger partial charge in [-0.15, -0.1) is 0 Å². The monoisotopic (exact) mass is 427 g/mol. The van der Waals surface area contributed by atoms with Crippen molar-refractivity contribution >= 4 is 17.7 Å². The number of aryl methyl sites for hydroxylation is 1. The van der Waals surface area contributed by atoms with Gasteiger partial charge in [0.2, 0.25) is 0 Å². The van der Waals surface area contributed by atoms with E-state index >= 15 is 0 Å². The Morgan fingerprint density at radius 3 is 2.70 bits per heavy atom. The Kier molecular flexibility index (Phi) is 7.10. The van der Waals surface area contributed by atoms with Crippen LogP contribution in [0.4, 0.5) is 0 Å². The first-order chi connectivity index (χ1) is 14.7. The van der Waals surface area contributed by atoms with Crippen LogP contribution in [0.2, 0.25) is 0 Å². The fraction of sp³-hybridized carbons (Fsp3) is 0.609. The highest BCUT2D eigenvalue weighted by Gasteiger charge is 2.33. The van der Waals surface area contributed by atoms with Gasteiger partial charge in [0.1, 0.15) is 0 Å². The summed E-state index contributed by atoms with van der Waals surface area (Å²) in [6.07, 6.45) is 7.81. The lowest BCUT2D eigenvalue weighted by Gasteiger charge is -2.34. The van der Waals surface area contributed by atoms with Crippen molar-refractivity contribution in [2.24, 2.45) is 0 Å². The van der Waals surface area contributed by atoms with Crippen LogP contribution in [0.3, 0.4) is 0 Å².